The molecule has 0 saturated carbocycles. The van der Waals surface area contributed by atoms with Gasteiger partial charge < -0.3 is 15.8 Å². The van der Waals surface area contributed by atoms with Crippen molar-refractivity contribution in [2.75, 3.05) is 6.54 Å². The Morgan fingerprint density at radius 1 is 1.64 bits per heavy atom. The van der Waals surface area contributed by atoms with Crippen LogP contribution < -0.4 is 5.73 Å². The van der Waals surface area contributed by atoms with E-state index in [9.17, 15) is 5.11 Å². The lowest BCUT2D eigenvalue weighted by Crippen LogP contribution is -2.12. The highest BCUT2D eigenvalue weighted by Crippen LogP contribution is 2.19. The lowest BCUT2D eigenvalue weighted by atomic mass is 10.1. The molecule has 0 aliphatic heterocycles. The summed E-state index contributed by atoms with van der Waals surface area (Å²) in [5.41, 5.74) is 7.53. The molecule has 2 heterocycles. The normalized spacial score (nSPS) is 13.4. The topological polar surface area (TPSA) is 87.8 Å². The van der Waals surface area contributed by atoms with Gasteiger partial charge in [0.2, 0.25) is 0 Å². The highest BCUT2D eigenvalue weighted by molar-refractivity contribution is 5.75. The lowest BCUT2D eigenvalue weighted by Gasteiger charge is -2.07. The molecular weight excluding hydrogens is 180 g/mol. The molecule has 0 aromatic carbocycles. The summed E-state index contributed by atoms with van der Waals surface area (Å²) in [5.74, 6) is 0.782. The molecule has 0 fully saturated rings. The van der Waals surface area contributed by atoms with E-state index in [4.69, 9.17) is 5.73 Å². The molecule has 74 valence electrons. The van der Waals surface area contributed by atoms with Crippen LogP contribution in [0.4, 0.5) is 0 Å². The standard InChI is InChI=1S/C9H12N4O/c1-5-12-8-6(7(14)4-10)2-3-11-9(8)13-5/h2-3,7,14H,4,10H2,1H3,(H,11,12,13). The molecule has 2 rings (SSSR count). The highest BCUT2D eigenvalue weighted by Gasteiger charge is 2.12. The molecule has 0 amide bonds. The third-order valence-electron chi connectivity index (χ3n) is 2.12. The molecule has 2 aromatic rings. The van der Waals surface area contributed by atoms with Crippen molar-refractivity contribution in [3.8, 4) is 0 Å². The SMILES string of the molecule is Cc1nc2nccc(C(O)CN)c2[nH]1. The Morgan fingerprint density at radius 2 is 2.43 bits per heavy atom. The number of nitrogens with zero attached hydrogens (tertiary/aromatic N) is 2. The molecule has 5 nitrogen and oxygen atoms in total. The van der Waals surface area contributed by atoms with Crippen molar-refractivity contribution in [2.45, 2.75) is 13.0 Å². The number of aromatic nitrogens is 3. The number of aryl methyl sites for hydroxylation is 1. The van der Waals surface area contributed by atoms with Crippen LogP contribution >= 0.6 is 0 Å². The van der Waals surface area contributed by atoms with E-state index in [0.29, 0.717) is 5.65 Å². The number of aromatic amines is 1. The number of rotatable bonds is 2. The number of pyridine rings is 1. The minimum atomic E-state index is -0.666. The molecule has 0 aliphatic carbocycles. The Bertz CT molecular complexity index is 451. The zero-order valence-corrected chi connectivity index (χ0v) is 7.86. The van der Waals surface area contributed by atoms with Gasteiger partial charge in [-0.25, -0.2) is 9.97 Å². The van der Waals surface area contributed by atoms with Crippen LogP contribution in [-0.2, 0) is 0 Å². The van der Waals surface area contributed by atoms with Crippen LogP contribution in [0, 0.1) is 6.92 Å². The van der Waals surface area contributed by atoms with Crippen LogP contribution in [0.3, 0.4) is 0 Å². The number of aliphatic hydroxyl groups excluding tert-OH is 1. The number of hydrogen-bond acceptors (Lipinski definition) is 4. The summed E-state index contributed by atoms with van der Waals surface area (Å²) in [6.45, 7) is 2.04. The zero-order chi connectivity index (χ0) is 10.1. The van der Waals surface area contributed by atoms with E-state index in [0.717, 1.165) is 16.9 Å². The summed E-state index contributed by atoms with van der Waals surface area (Å²) < 4.78 is 0. The molecule has 0 saturated heterocycles. The fraction of sp³-hybridized carbons (Fsp3) is 0.333. The molecular formula is C9H12N4O. The van der Waals surface area contributed by atoms with E-state index in [1.165, 1.54) is 0 Å². The molecule has 2 aromatic heterocycles. The van der Waals surface area contributed by atoms with Gasteiger partial charge in [0.25, 0.3) is 0 Å². The number of hydrogen-bond donors (Lipinski definition) is 3. The fourth-order valence-electron chi connectivity index (χ4n) is 1.45. The van der Waals surface area contributed by atoms with Gasteiger partial charge in [-0.1, -0.05) is 0 Å². The van der Waals surface area contributed by atoms with Crippen molar-refractivity contribution in [1.29, 1.82) is 0 Å². The van der Waals surface area contributed by atoms with Gasteiger partial charge in [-0.3, -0.25) is 0 Å². The second-order valence-electron chi connectivity index (χ2n) is 3.17. The van der Waals surface area contributed by atoms with Crippen LogP contribution in [0.5, 0.6) is 0 Å². The van der Waals surface area contributed by atoms with E-state index in [1.54, 1.807) is 12.3 Å². The molecule has 0 spiro atoms. The van der Waals surface area contributed by atoms with E-state index in [-0.39, 0.29) is 6.54 Å². The van der Waals surface area contributed by atoms with Crippen LogP contribution in [0.25, 0.3) is 11.2 Å². The minimum Gasteiger partial charge on any atom is -0.387 e. The summed E-state index contributed by atoms with van der Waals surface area (Å²) in [6.07, 6.45) is 0.956. The van der Waals surface area contributed by atoms with Crippen LogP contribution in [0.2, 0.25) is 0 Å². The highest BCUT2D eigenvalue weighted by atomic mass is 16.3. The number of aliphatic hydroxyl groups is 1. The second-order valence-corrected chi connectivity index (χ2v) is 3.17. The van der Waals surface area contributed by atoms with Crippen molar-refractivity contribution in [2.24, 2.45) is 5.73 Å². The van der Waals surface area contributed by atoms with E-state index in [2.05, 4.69) is 15.0 Å². The summed E-state index contributed by atoms with van der Waals surface area (Å²) in [6, 6.07) is 1.75. The Balaban J connectivity index is 2.64. The van der Waals surface area contributed by atoms with Crippen molar-refractivity contribution < 1.29 is 5.11 Å². The molecule has 0 bridgehead atoms. The quantitative estimate of drug-likeness (QED) is 0.636. The number of imidazole rings is 1. The van der Waals surface area contributed by atoms with E-state index < -0.39 is 6.10 Å². The van der Waals surface area contributed by atoms with Gasteiger partial charge in [0, 0.05) is 18.3 Å². The molecule has 0 aliphatic rings. The smallest absolute Gasteiger partial charge is 0.178 e. The third kappa shape index (κ3) is 1.36. The van der Waals surface area contributed by atoms with Gasteiger partial charge in [-0.15, -0.1) is 0 Å². The Kier molecular flexibility index (Phi) is 2.18. The van der Waals surface area contributed by atoms with Gasteiger partial charge in [0.15, 0.2) is 5.65 Å². The average Bonchev–Trinajstić information content (AvgIpc) is 2.56. The zero-order valence-electron chi connectivity index (χ0n) is 7.86. The maximum atomic E-state index is 9.64. The minimum absolute atomic E-state index is 0.192. The first kappa shape index (κ1) is 9.11. The van der Waals surface area contributed by atoms with Gasteiger partial charge in [0.05, 0.1) is 11.6 Å². The molecule has 0 radical (unpaired) electrons. The fourth-order valence-corrected chi connectivity index (χ4v) is 1.45. The molecule has 4 N–H and O–H groups in total. The second kappa shape index (κ2) is 3.36. The summed E-state index contributed by atoms with van der Waals surface area (Å²) >= 11 is 0. The molecule has 14 heavy (non-hydrogen) atoms. The number of nitrogens with one attached hydrogen (secondary N) is 1. The maximum Gasteiger partial charge on any atom is 0.178 e. The summed E-state index contributed by atoms with van der Waals surface area (Å²) in [5, 5.41) is 9.64. The first-order chi connectivity index (χ1) is 6.72. The van der Waals surface area contributed by atoms with Crippen molar-refractivity contribution in [1.82, 2.24) is 15.0 Å². The summed E-state index contributed by atoms with van der Waals surface area (Å²) in [4.78, 5) is 11.3. The molecule has 1 unspecified atom stereocenters. The number of H-pyrrole nitrogens is 1. The van der Waals surface area contributed by atoms with Crippen LogP contribution in [-0.4, -0.2) is 26.6 Å². The van der Waals surface area contributed by atoms with Gasteiger partial charge in [-0.05, 0) is 13.0 Å². The van der Waals surface area contributed by atoms with Crippen molar-refractivity contribution in [3.05, 3.63) is 23.7 Å². The van der Waals surface area contributed by atoms with E-state index in [1.807, 2.05) is 6.92 Å². The van der Waals surface area contributed by atoms with Gasteiger partial charge >= 0.3 is 0 Å². The maximum absolute atomic E-state index is 9.64. The van der Waals surface area contributed by atoms with E-state index >= 15 is 0 Å². The predicted octanol–water partition coefficient (Wildman–Crippen LogP) is 0.258. The Hall–Kier alpha value is -1.46. The molecule has 1 atom stereocenters. The Labute approximate surface area is 81.0 Å². The summed E-state index contributed by atoms with van der Waals surface area (Å²) in [7, 11) is 0. The van der Waals surface area contributed by atoms with Crippen molar-refractivity contribution in [3.63, 3.8) is 0 Å². The monoisotopic (exact) mass is 192 g/mol. The largest absolute Gasteiger partial charge is 0.387 e. The number of nitrogens with two attached hydrogens (primary N) is 1. The van der Waals surface area contributed by atoms with Crippen LogP contribution in [0.15, 0.2) is 12.3 Å². The van der Waals surface area contributed by atoms with Crippen LogP contribution in [0.1, 0.15) is 17.5 Å². The molecule has 5 heteroatoms. The van der Waals surface area contributed by atoms with Gasteiger partial charge in [-0.2, -0.15) is 0 Å². The van der Waals surface area contributed by atoms with Crippen molar-refractivity contribution >= 4 is 11.2 Å². The lowest BCUT2D eigenvalue weighted by molar-refractivity contribution is 0.188. The third-order valence-corrected chi connectivity index (χ3v) is 2.12. The van der Waals surface area contributed by atoms with Gasteiger partial charge in [0.1, 0.15) is 5.82 Å². The number of fused-ring (bicyclic) bond motifs is 1. The first-order valence-corrected chi connectivity index (χ1v) is 4.41. The Morgan fingerprint density at radius 3 is 3.14 bits per heavy atom. The predicted molar refractivity (Wildman–Crippen MR) is 52.6 cm³/mol. The average molecular weight is 192 g/mol. The first-order valence-electron chi connectivity index (χ1n) is 4.41.